The topological polar surface area (TPSA) is 41.1 Å². The predicted octanol–water partition coefficient (Wildman–Crippen LogP) is 1.54. The smallest absolute Gasteiger partial charge is 0.223 e. The average Bonchev–Trinajstić information content (AvgIpc) is 3.00. The van der Waals surface area contributed by atoms with Crippen LogP contribution in [0.25, 0.3) is 0 Å². The summed E-state index contributed by atoms with van der Waals surface area (Å²) in [7, 11) is 0. The van der Waals surface area contributed by atoms with Crippen molar-refractivity contribution in [3.05, 3.63) is 0 Å². The zero-order valence-corrected chi connectivity index (χ0v) is 10.5. The van der Waals surface area contributed by atoms with E-state index in [0.717, 1.165) is 24.9 Å². The van der Waals surface area contributed by atoms with Crippen LogP contribution < -0.4 is 10.6 Å². The van der Waals surface area contributed by atoms with Crippen molar-refractivity contribution in [1.82, 2.24) is 10.6 Å². The van der Waals surface area contributed by atoms with Gasteiger partial charge < -0.3 is 10.6 Å². The maximum atomic E-state index is 11.9. The Morgan fingerprint density at radius 2 is 1.94 bits per heavy atom. The summed E-state index contributed by atoms with van der Waals surface area (Å²) in [6.07, 6.45) is 5.23. The van der Waals surface area contributed by atoms with E-state index in [1.165, 1.54) is 25.7 Å². The van der Waals surface area contributed by atoms with Crippen molar-refractivity contribution in [1.29, 1.82) is 0 Å². The van der Waals surface area contributed by atoms with Crippen LogP contribution in [-0.2, 0) is 4.79 Å². The van der Waals surface area contributed by atoms with Gasteiger partial charge in [-0.3, -0.25) is 4.79 Å². The minimum absolute atomic E-state index is 0.307. The third kappa shape index (κ3) is 2.57. The molecular weight excluding hydrogens is 200 g/mol. The van der Waals surface area contributed by atoms with Crippen molar-refractivity contribution < 1.29 is 4.79 Å². The number of amides is 1. The first-order chi connectivity index (χ1) is 7.74. The molecule has 16 heavy (non-hydrogen) atoms. The third-order valence-electron chi connectivity index (χ3n) is 4.09. The molecule has 3 heteroatoms. The lowest BCUT2D eigenvalue weighted by atomic mass is 10.0. The second-order valence-corrected chi connectivity index (χ2v) is 5.34. The van der Waals surface area contributed by atoms with Crippen LogP contribution in [0.4, 0.5) is 0 Å². The minimum atomic E-state index is 0.307. The molecule has 0 aromatic carbocycles. The number of hydrogen-bond donors (Lipinski definition) is 2. The summed E-state index contributed by atoms with van der Waals surface area (Å²) in [6, 6.07) is 0.384. The van der Waals surface area contributed by atoms with Gasteiger partial charge in [0.15, 0.2) is 0 Å². The number of hydrogen-bond acceptors (Lipinski definition) is 2. The summed E-state index contributed by atoms with van der Waals surface area (Å²) in [5, 5.41) is 6.39. The summed E-state index contributed by atoms with van der Waals surface area (Å²) in [5.74, 6) is 2.12. The summed E-state index contributed by atoms with van der Waals surface area (Å²) >= 11 is 0. The molecule has 2 aliphatic carbocycles. The number of carbonyl (C=O) groups is 1. The molecule has 2 unspecified atom stereocenters. The van der Waals surface area contributed by atoms with Crippen molar-refractivity contribution in [2.45, 2.75) is 45.6 Å². The molecule has 0 spiro atoms. The lowest BCUT2D eigenvalue weighted by Gasteiger charge is -2.13. The Kier molecular flexibility index (Phi) is 3.85. The zero-order valence-electron chi connectivity index (χ0n) is 10.5. The molecule has 3 atom stereocenters. The van der Waals surface area contributed by atoms with Crippen LogP contribution in [-0.4, -0.2) is 25.0 Å². The molecular formula is C13H24N2O. The molecule has 2 N–H and O–H groups in total. The summed E-state index contributed by atoms with van der Waals surface area (Å²) in [6.45, 7) is 5.94. The van der Waals surface area contributed by atoms with E-state index in [1.807, 2.05) is 0 Å². The number of rotatable bonds is 5. The Bertz CT molecular complexity index is 242. The Morgan fingerprint density at radius 1 is 1.31 bits per heavy atom. The standard InChI is InChI=1S/C13H24N2O/c1-3-14-9(2)8-15-13(16)12-10-6-4-5-7-11(10)12/h9-12,14H,3-8H2,1-2H3,(H,15,16)/t9-,10?,11?,12?/m1/s1. The first kappa shape index (κ1) is 11.9. The minimum Gasteiger partial charge on any atom is -0.354 e. The largest absolute Gasteiger partial charge is 0.354 e. The van der Waals surface area contributed by atoms with Gasteiger partial charge >= 0.3 is 0 Å². The van der Waals surface area contributed by atoms with Gasteiger partial charge in [-0.2, -0.15) is 0 Å². The van der Waals surface area contributed by atoms with Crippen LogP contribution in [0.3, 0.4) is 0 Å². The SMILES string of the molecule is CCN[C@H](C)CNC(=O)C1C2CCCCC21. The molecule has 2 saturated carbocycles. The molecule has 3 nitrogen and oxygen atoms in total. The van der Waals surface area contributed by atoms with Crippen molar-refractivity contribution in [2.75, 3.05) is 13.1 Å². The van der Waals surface area contributed by atoms with Gasteiger partial charge in [0.1, 0.15) is 0 Å². The highest BCUT2D eigenvalue weighted by Crippen LogP contribution is 2.55. The van der Waals surface area contributed by atoms with Crippen molar-refractivity contribution in [2.24, 2.45) is 17.8 Å². The summed E-state index contributed by atoms with van der Waals surface area (Å²) in [4.78, 5) is 11.9. The number of nitrogens with one attached hydrogen (secondary N) is 2. The molecule has 0 heterocycles. The van der Waals surface area contributed by atoms with E-state index >= 15 is 0 Å². The molecule has 1 amide bonds. The van der Waals surface area contributed by atoms with Crippen LogP contribution in [0, 0.1) is 17.8 Å². The number of carbonyl (C=O) groups excluding carboxylic acids is 1. The Balaban J connectivity index is 1.69. The van der Waals surface area contributed by atoms with E-state index < -0.39 is 0 Å². The van der Waals surface area contributed by atoms with E-state index in [2.05, 4.69) is 24.5 Å². The first-order valence-corrected chi connectivity index (χ1v) is 6.75. The fraction of sp³-hybridized carbons (Fsp3) is 0.923. The van der Waals surface area contributed by atoms with Gasteiger partial charge in [-0.05, 0) is 38.1 Å². The molecule has 0 aromatic heterocycles. The second kappa shape index (κ2) is 5.17. The van der Waals surface area contributed by atoms with Gasteiger partial charge in [-0.1, -0.05) is 19.8 Å². The fourth-order valence-electron chi connectivity index (χ4n) is 3.17. The number of likely N-dealkylation sites (N-methyl/N-ethyl adjacent to an activating group) is 1. The van der Waals surface area contributed by atoms with E-state index in [9.17, 15) is 4.79 Å². The van der Waals surface area contributed by atoms with E-state index in [-0.39, 0.29) is 0 Å². The zero-order chi connectivity index (χ0) is 11.5. The quantitative estimate of drug-likeness (QED) is 0.743. The van der Waals surface area contributed by atoms with Crippen molar-refractivity contribution >= 4 is 5.91 Å². The van der Waals surface area contributed by atoms with E-state index in [0.29, 0.717) is 17.9 Å². The maximum Gasteiger partial charge on any atom is 0.223 e. The molecule has 2 aliphatic rings. The normalized spacial score (nSPS) is 34.0. The molecule has 2 fully saturated rings. The van der Waals surface area contributed by atoms with E-state index in [4.69, 9.17) is 0 Å². The molecule has 0 saturated heterocycles. The highest BCUT2D eigenvalue weighted by molar-refractivity contribution is 5.82. The van der Waals surface area contributed by atoms with Gasteiger partial charge in [0.25, 0.3) is 0 Å². The third-order valence-corrected chi connectivity index (χ3v) is 4.09. The summed E-state index contributed by atoms with van der Waals surface area (Å²) < 4.78 is 0. The van der Waals surface area contributed by atoms with Gasteiger partial charge in [-0.15, -0.1) is 0 Å². The van der Waals surface area contributed by atoms with Crippen LogP contribution >= 0.6 is 0 Å². The highest BCUT2D eigenvalue weighted by Gasteiger charge is 2.54. The van der Waals surface area contributed by atoms with E-state index in [1.54, 1.807) is 0 Å². The Hall–Kier alpha value is -0.570. The highest BCUT2D eigenvalue weighted by atomic mass is 16.2. The fourth-order valence-corrected chi connectivity index (χ4v) is 3.17. The predicted molar refractivity (Wildman–Crippen MR) is 65.1 cm³/mol. The van der Waals surface area contributed by atoms with Crippen LogP contribution in [0.1, 0.15) is 39.5 Å². The van der Waals surface area contributed by atoms with Gasteiger partial charge in [0, 0.05) is 18.5 Å². The van der Waals surface area contributed by atoms with Crippen LogP contribution in [0.2, 0.25) is 0 Å². The monoisotopic (exact) mass is 224 g/mol. The second-order valence-electron chi connectivity index (χ2n) is 5.34. The maximum absolute atomic E-state index is 11.9. The Labute approximate surface area is 98.4 Å². The van der Waals surface area contributed by atoms with Crippen molar-refractivity contribution in [3.63, 3.8) is 0 Å². The van der Waals surface area contributed by atoms with Crippen LogP contribution in [0.5, 0.6) is 0 Å². The summed E-state index contributed by atoms with van der Waals surface area (Å²) in [5.41, 5.74) is 0. The molecule has 2 rings (SSSR count). The van der Waals surface area contributed by atoms with Gasteiger partial charge in [-0.25, -0.2) is 0 Å². The van der Waals surface area contributed by atoms with Crippen LogP contribution in [0.15, 0.2) is 0 Å². The van der Waals surface area contributed by atoms with Crippen molar-refractivity contribution in [3.8, 4) is 0 Å². The molecule has 92 valence electrons. The average molecular weight is 224 g/mol. The first-order valence-electron chi connectivity index (χ1n) is 6.75. The number of fused-ring (bicyclic) bond motifs is 1. The van der Waals surface area contributed by atoms with Gasteiger partial charge in [0.2, 0.25) is 5.91 Å². The lowest BCUT2D eigenvalue weighted by molar-refractivity contribution is -0.122. The molecule has 0 bridgehead atoms. The van der Waals surface area contributed by atoms with Gasteiger partial charge in [0.05, 0.1) is 0 Å². The lowest BCUT2D eigenvalue weighted by Crippen LogP contribution is -2.39. The Morgan fingerprint density at radius 3 is 2.50 bits per heavy atom. The molecule has 0 radical (unpaired) electrons. The molecule has 0 aliphatic heterocycles. The molecule has 0 aromatic rings.